The molecule has 0 aliphatic heterocycles. The van der Waals surface area contributed by atoms with E-state index < -0.39 is 10.0 Å². The molecule has 1 aliphatic carbocycles. The second-order valence-electron chi connectivity index (χ2n) is 8.52. The monoisotopic (exact) mass is 465 g/mol. The summed E-state index contributed by atoms with van der Waals surface area (Å²) in [5.74, 6) is -0.248. The zero-order valence-corrected chi connectivity index (χ0v) is 20.1. The molecule has 6 nitrogen and oxygen atoms in total. The van der Waals surface area contributed by atoms with Gasteiger partial charge in [0.2, 0.25) is 10.0 Å². The third kappa shape index (κ3) is 4.80. The summed E-state index contributed by atoms with van der Waals surface area (Å²) >= 11 is 0. The number of sulfonamides is 1. The van der Waals surface area contributed by atoms with Crippen molar-refractivity contribution in [2.75, 3.05) is 18.4 Å². The number of fused-ring (bicyclic) bond motifs is 2. The van der Waals surface area contributed by atoms with E-state index in [0.717, 1.165) is 66.4 Å². The van der Waals surface area contributed by atoms with Crippen molar-refractivity contribution in [3.05, 3.63) is 65.4 Å². The summed E-state index contributed by atoms with van der Waals surface area (Å²) in [5, 5.41) is 4.04. The van der Waals surface area contributed by atoms with Crippen LogP contribution in [0.5, 0.6) is 0 Å². The van der Waals surface area contributed by atoms with Gasteiger partial charge in [-0.05, 0) is 74.4 Å². The van der Waals surface area contributed by atoms with Gasteiger partial charge in [-0.2, -0.15) is 4.31 Å². The molecular formula is C26H31N3O3S. The van der Waals surface area contributed by atoms with Crippen molar-refractivity contribution < 1.29 is 13.2 Å². The van der Waals surface area contributed by atoms with Gasteiger partial charge in [0.25, 0.3) is 5.91 Å². The second-order valence-corrected chi connectivity index (χ2v) is 10.5. The predicted octanol–water partition coefficient (Wildman–Crippen LogP) is 5.18. The Morgan fingerprint density at radius 2 is 1.64 bits per heavy atom. The van der Waals surface area contributed by atoms with Crippen LogP contribution in [0.1, 0.15) is 61.1 Å². The third-order valence-electron chi connectivity index (χ3n) is 6.11. The standard InChI is InChI=1S/C26H31N3O3S/c1-3-17-29(18-4-2)33(31,32)20-15-13-19(14-16-20)26(30)28-25-21-9-5-7-11-23(21)27-24-12-8-6-10-22(24)25/h5,7,9,11,13-16H,3-4,6,8,10,12,17-18H2,1-2H3,(H,27,28,30). The largest absolute Gasteiger partial charge is 0.321 e. The van der Waals surface area contributed by atoms with Crippen LogP contribution in [0, 0.1) is 0 Å². The molecule has 4 rings (SSSR count). The normalized spacial score (nSPS) is 13.8. The summed E-state index contributed by atoms with van der Waals surface area (Å²) in [4.78, 5) is 18.2. The number of nitrogens with zero attached hydrogens (tertiary/aromatic N) is 2. The average Bonchev–Trinajstić information content (AvgIpc) is 2.83. The lowest BCUT2D eigenvalue weighted by Crippen LogP contribution is -2.32. The first-order chi connectivity index (χ1) is 16.0. The fourth-order valence-corrected chi connectivity index (χ4v) is 6.10. The number of benzene rings is 2. The number of pyridine rings is 1. The van der Waals surface area contributed by atoms with Crippen molar-refractivity contribution in [1.29, 1.82) is 0 Å². The number of carbonyl (C=O) groups excluding carboxylic acids is 1. The summed E-state index contributed by atoms with van der Waals surface area (Å²) in [5.41, 5.74) is 4.30. The van der Waals surface area contributed by atoms with Gasteiger partial charge in [0, 0.05) is 29.7 Å². The molecule has 1 N–H and O–H groups in total. The minimum atomic E-state index is -3.57. The zero-order valence-electron chi connectivity index (χ0n) is 19.3. The van der Waals surface area contributed by atoms with E-state index in [-0.39, 0.29) is 10.8 Å². The molecule has 3 aromatic rings. The summed E-state index contributed by atoms with van der Waals surface area (Å²) in [6.45, 7) is 4.90. The smallest absolute Gasteiger partial charge is 0.255 e. The Bertz CT molecular complexity index is 1250. The topological polar surface area (TPSA) is 79.4 Å². The van der Waals surface area contributed by atoms with Gasteiger partial charge in [-0.3, -0.25) is 9.78 Å². The molecule has 0 radical (unpaired) electrons. The van der Waals surface area contributed by atoms with Gasteiger partial charge in [0.15, 0.2) is 0 Å². The Hall–Kier alpha value is -2.77. The lowest BCUT2D eigenvalue weighted by Gasteiger charge is -2.22. The Kier molecular flexibility index (Phi) is 7.10. The van der Waals surface area contributed by atoms with Crippen LogP contribution in [-0.2, 0) is 22.9 Å². The molecule has 7 heteroatoms. The number of rotatable bonds is 8. The van der Waals surface area contributed by atoms with E-state index in [1.165, 1.54) is 16.4 Å². The minimum absolute atomic E-state index is 0.215. The molecule has 33 heavy (non-hydrogen) atoms. The van der Waals surface area contributed by atoms with Crippen LogP contribution >= 0.6 is 0 Å². The van der Waals surface area contributed by atoms with Gasteiger partial charge in [0.05, 0.1) is 16.1 Å². The van der Waals surface area contributed by atoms with E-state index in [4.69, 9.17) is 4.98 Å². The summed E-state index contributed by atoms with van der Waals surface area (Å²) in [7, 11) is -3.57. The maximum Gasteiger partial charge on any atom is 0.255 e. The first kappa shape index (κ1) is 23.4. The van der Waals surface area contributed by atoms with Gasteiger partial charge >= 0.3 is 0 Å². The fraction of sp³-hybridized carbons (Fsp3) is 0.385. The maximum absolute atomic E-state index is 13.2. The highest BCUT2D eigenvalue weighted by molar-refractivity contribution is 7.89. The SMILES string of the molecule is CCCN(CCC)S(=O)(=O)c1ccc(C(=O)Nc2c3c(nc4ccccc24)CCCC3)cc1. The van der Waals surface area contributed by atoms with Gasteiger partial charge in [-0.1, -0.05) is 32.0 Å². The number of hydrogen-bond acceptors (Lipinski definition) is 4. The highest BCUT2D eigenvalue weighted by atomic mass is 32.2. The molecular weight excluding hydrogens is 434 g/mol. The first-order valence-corrected chi connectivity index (χ1v) is 13.2. The first-order valence-electron chi connectivity index (χ1n) is 11.8. The van der Waals surface area contributed by atoms with Gasteiger partial charge < -0.3 is 5.32 Å². The molecule has 0 unspecified atom stereocenters. The fourth-order valence-electron chi connectivity index (χ4n) is 4.48. The average molecular weight is 466 g/mol. The van der Waals surface area contributed by atoms with E-state index in [1.807, 2.05) is 38.1 Å². The number of aryl methyl sites for hydroxylation is 1. The van der Waals surface area contributed by atoms with Gasteiger partial charge in [0.1, 0.15) is 0 Å². The molecule has 1 aliphatic rings. The summed E-state index contributed by atoms with van der Waals surface area (Å²) in [6.07, 6.45) is 5.50. The van der Waals surface area contributed by atoms with Crippen LogP contribution in [0.2, 0.25) is 0 Å². The van der Waals surface area contributed by atoms with E-state index >= 15 is 0 Å². The minimum Gasteiger partial charge on any atom is -0.321 e. The number of aromatic nitrogens is 1. The van der Waals surface area contributed by atoms with Gasteiger partial charge in [-0.25, -0.2) is 8.42 Å². The highest BCUT2D eigenvalue weighted by Crippen LogP contribution is 2.33. The Balaban J connectivity index is 1.62. The number of nitrogens with one attached hydrogen (secondary N) is 1. The maximum atomic E-state index is 13.2. The van der Waals surface area contributed by atoms with Crippen LogP contribution < -0.4 is 5.32 Å². The third-order valence-corrected chi connectivity index (χ3v) is 8.02. The van der Waals surface area contributed by atoms with Gasteiger partial charge in [-0.15, -0.1) is 0 Å². The van der Waals surface area contributed by atoms with Crippen molar-refractivity contribution >= 4 is 32.5 Å². The van der Waals surface area contributed by atoms with Crippen molar-refractivity contribution in [1.82, 2.24) is 9.29 Å². The number of para-hydroxylation sites is 1. The Labute approximate surface area is 196 Å². The molecule has 0 spiro atoms. The van der Waals surface area contributed by atoms with E-state index in [1.54, 1.807) is 12.1 Å². The van der Waals surface area contributed by atoms with Crippen molar-refractivity contribution in [3.8, 4) is 0 Å². The van der Waals surface area contributed by atoms with Crippen molar-refractivity contribution in [2.45, 2.75) is 57.3 Å². The molecule has 1 aromatic heterocycles. The Morgan fingerprint density at radius 3 is 2.33 bits per heavy atom. The summed E-state index contributed by atoms with van der Waals surface area (Å²) < 4.78 is 27.5. The van der Waals surface area contributed by atoms with E-state index in [2.05, 4.69) is 5.32 Å². The predicted molar refractivity (Wildman–Crippen MR) is 132 cm³/mol. The molecule has 0 fully saturated rings. The van der Waals surface area contributed by atoms with Crippen LogP contribution in [0.25, 0.3) is 10.9 Å². The molecule has 0 saturated heterocycles. The van der Waals surface area contributed by atoms with Crippen LogP contribution in [0.3, 0.4) is 0 Å². The lowest BCUT2D eigenvalue weighted by atomic mass is 9.92. The van der Waals surface area contributed by atoms with Crippen molar-refractivity contribution in [2.24, 2.45) is 0 Å². The highest BCUT2D eigenvalue weighted by Gasteiger charge is 2.24. The van der Waals surface area contributed by atoms with Crippen molar-refractivity contribution in [3.63, 3.8) is 0 Å². The van der Waals surface area contributed by atoms with Crippen LogP contribution in [0.4, 0.5) is 5.69 Å². The Morgan fingerprint density at radius 1 is 0.970 bits per heavy atom. The molecule has 0 bridgehead atoms. The zero-order chi connectivity index (χ0) is 23.4. The van der Waals surface area contributed by atoms with Crippen LogP contribution in [0.15, 0.2) is 53.4 Å². The number of anilines is 1. The molecule has 1 heterocycles. The molecule has 2 aromatic carbocycles. The number of hydrogen-bond donors (Lipinski definition) is 1. The molecule has 0 atom stereocenters. The van der Waals surface area contributed by atoms with E-state index in [9.17, 15) is 13.2 Å². The quantitative estimate of drug-likeness (QED) is 0.497. The van der Waals surface area contributed by atoms with E-state index in [0.29, 0.717) is 18.7 Å². The second kappa shape index (κ2) is 10.0. The summed E-state index contributed by atoms with van der Waals surface area (Å²) in [6, 6.07) is 14.1. The molecule has 0 saturated carbocycles. The lowest BCUT2D eigenvalue weighted by molar-refractivity contribution is 0.102. The number of amides is 1. The van der Waals surface area contributed by atoms with Crippen LogP contribution in [-0.4, -0.2) is 36.7 Å². The molecule has 1 amide bonds. The molecule has 174 valence electrons. The number of carbonyl (C=O) groups is 1.